The highest BCUT2D eigenvalue weighted by Gasteiger charge is 2.23. The van der Waals surface area contributed by atoms with E-state index in [1.54, 1.807) is 4.90 Å². The quantitative estimate of drug-likeness (QED) is 0.865. The second kappa shape index (κ2) is 6.27. The standard InChI is InChI=1S/C16H19N3O3/c1-11-5-3-4-6-13(11)16-17-14(22-18-16)9-15(20)19-7-8-21-12(2)10-19/h3-6,12H,7-10H2,1-2H3. The van der Waals surface area contributed by atoms with Crippen LogP contribution in [0.3, 0.4) is 0 Å². The van der Waals surface area contributed by atoms with E-state index in [4.69, 9.17) is 9.26 Å². The second-order valence-corrected chi connectivity index (χ2v) is 5.52. The lowest BCUT2D eigenvalue weighted by Crippen LogP contribution is -2.45. The summed E-state index contributed by atoms with van der Waals surface area (Å²) in [6.07, 6.45) is 0.203. The summed E-state index contributed by atoms with van der Waals surface area (Å²) in [5, 5.41) is 3.98. The van der Waals surface area contributed by atoms with Gasteiger partial charge in [0.05, 0.1) is 12.7 Å². The zero-order valence-corrected chi connectivity index (χ0v) is 12.8. The highest BCUT2D eigenvalue weighted by atomic mass is 16.5. The lowest BCUT2D eigenvalue weighted by atomic mass is 10.1. The first-order chi connectivity index (χ1) is 10.6. The Balaban J connectivity index is 1.69. The van der Waals surface area contributed by atoms with Gasteiger partial charge >= 0.3 is 0 Å². The summed E-state index contributed by atoms with van der Waals surface area (Å²) >= 11 is 0. The highest BCUT2D eigenvalue weighted by molar-refractivity contribution is 5.78. The molecule has 2 heterocycles. The van der Waals surface area contributed by atoms with Crippen molar-refractivity contribution < 1.29 is 14.1 Å². The van der Waals surface area contributed by atoms with Crippen molar-refractivity contribution in [3.8, 4) is 11.4 Å². The molecule has 1 aliphatic heterocycles. The fourth-order valence-corrected chi connectivity index (χ4v) is 2.55. The lowest BCUT2D eigenvalue weighted by Gasteiger charge is -2.30. The van der Waals surface area contributed by atoms with Crippen LogP contribution in [0.2, 0.25) is 0 Å². The van der Waals surface area contributed by atoms with Crippen molar-refractivity contribution in [1.82, 2.24) is 15.0 Å². The molecule has 1 unspecified atom stereocenters. The van der Waals surface area contributed by atoms with Crippen LogP contribution in [-0.2, 0) is 16.0 Å². The zero-order valence-electron chi connectivity index (χ0n) is 12.8. The molecule has 3 rings (SSSR count). The van der Waals surface area contributed by atoms with Crippen molar-refractivity contribution in [2.45, 2.75) is 26.4 Å². The van der Waals surface area contributed by atoms with E-state index in [-0.39, 0.29) is 18.4 Å². The molecule has 0 spiro atoms. The summed E-state index contributed by atoms with van der Waals surface area (Å²) in [7, 11) is 0. The Bertz CT molecular complexity index is 668. The van der Waals surface area contributed by atoms with Crippen molar-refractivity contribution in [1.29, 1.82) is 0 Å². The van der Waals surface area contributed by atoms with Crippen LogP contribution >= 0.6 is 0 Å². The van der Waals surface area contributed by atoms with Crippen LogP contribution in [0.4, 0.5) is 0 Å². The second-order valence-electron chi connectivity index (χ2n) is 5.52. The maximum Gasteiger partial charge on any atom is 0.236 e. The first-order valence-electron chi connectivity index (χ1n) is 7.41. The minimum Gasteiger partial charge on any atom is -0.375 e. The predicted molar refractivity (Wildman–Crippen MR) is 80.2 cm³/mol. The van der Waals surface area contributed by atoms with E-state index in [1.165, 1.54) is 0 Å². The maximum absolute atomic E-state index is 12.3. The van der Waals surface area contributed by atoms with Crippen molar-refractivity contribution in [2.75, 3.05) is 19.7 Å². The van der Waals surface area contributed by atoms with Gasteiger partial charge in [-0.3, -0.25) is 4.79 Å². The van der Waals surface area contributed by atoms with E-state index >= 15 is 0 Å². The average Bonchev–Trinajstić information content (AvgIpc) is 2.96. The minimum atomic E-state index is -0.00451. The Morgan fingerprint density at radius 2 is 2.23 bits per heavy atom. The molecule has 1 atom stereocenters. The van der Waals surface area contributed by atoms with Crippen molar-refractivity contribution in [3.63, 3.8) is 0 Å². The van der Waals surface area contributed by atoms with Crippen LogP contribution in [0.15, 0.2) is 28.8 Å². The molecule has 6 nitrogen and oxygen atoms in total. The van der Waals surface area contributed by atoms with E-state index < -0.39 is 0 Å². The first kappa shape index (κ1) is 14.7. The molecule has 1 aromatic heterocycles. The van der Waals surface area contributed by atoms with Gasteiger partial charge in [0.25, 0.3) is 0 Å². The van der Waals surface area contributed by atoms with Gasteiger partial charge in [-0.2, -0.15) is 4.98 Å². The van der Waals surface area contributed by atoms with Gasteiger partial charge in [-0.15, -0.1) is 0 Å². The number of rotatable bonds is 3. The molecule has 0 N–H and O–H groups in total. The van der Waals surface area contributed by atoms with E-state index in [2.05, 4.69) is 10.1 Å². The van der Waals surface area contributed by atoms with Crippen LogP contribution in [0, 0.1) is 6.92 Å². The molecule has 1 aromatic carbocycles. The number of hydrogen-bond acceptors (Lipinski definition) is 5. The van der Waals surface area contributed by atoms with E-state index in [0.29, 0.717) is 31.4 Å². The summed E-state index contributed by atoms with van der Waals surface area (Å²) in [5.41, 5.74) is 1.99. The number of benzene rings is 1. The third kappa shape index (κ3) is 3.17. The molecule has 1 aliphatic rings. The number of carbonyl (C=O) groups excluding carboxylic acids is 1. The molecular formula is C16H19N3O3. The lowest BCUT2D eigenvalue weighted by molar-refractivity contribution is -0.137. The SMILES string of the molecule is Cc1ccccc1-c1noc(CC(=O)N2CCOC(C)C2)n1. The number of amides is 1. The van der Waals surface area contributed by atoms with E-state index in [0.717, 1.165) is 11.1 Å². The number of morpholine rings is 1. The summed E-state index contributed by atoms with van der Waals surface area (Å²) in [5.74, 6) is 0.869. The smallest absolute Gasteiger partial charge is 0.236 e. The maximum atomic E-state index is 12.3. The Hall–Kier alpha value is -2.21. The van der Waals surface area contributed by atoms with Gasteiger partial charge in [-0.25, -0.2) is 0 Å². The molecule has 0 saturated carbocycles. The number of aryl methyl sites for hydroxylation is 1. The third-order valence-corrected chi connectivity index (χ3v) is 3.75. The predicted octanol–water partition coefficient (Wildman–Crippen LogP) is 1.83. The normalized spacial score (nSPS) is 18.5. The van der Waals surface area contributed by atoms with Gasteiger partial charge in [0, 0.05) is 18.7 Å². The Kier molecular flexibility index (Phi) is 4.20. The number of nitrogens with zero attached hydrogens (tertiary/aromatic N) is 3. The molecule has 22 heavy (non-hydrogen) atoms. The number of hydrogen-bond donors (Lipinski definition) is 0. The summed E-state index contributed by atoms with van der Waals surface area (Å²) in [4.78, 5) is 18.4. The summed E-state index contributed by atoms with van der Waals surface area (Å²) in [6, 6.07) is 7.82. The summed E-state index contributed by atoms with van der Waals surface area (Å²) < 4.78 is 10.7. The van der Waals surface area contributed by atoms with Gasteiger partial charge in [-0.05, 0) is 19.4 Å². The summed E-state index contributed by atoms with van der Waals surface area (Å²) in [6.45, 7) is 5.75. The fourth-order valence-electron chi connectivity index (χ4n) is 2.55. The molecular weight excluding hydrogens is 282 g/mol. The van der Waals surface area contributed by atoms with Crippen molar-refractivity contribution in [2.24, 2.45) is 0 Å². The Morgan fingerprint density at radius 1 is 1.41 bits per heavy atom. The number of ether oxygens (including phenoxy) is 1. The first-order valence-corrected chi connectivity index (χ1v) is 7.41. The van der Waals surface area contributed by atoms with Gasteiger partial charge in [0.1, 0.15) is 6.42 Å². The molecule has 0 aliphatic carbocycles. The van der Waals surface area contributed by atoms with Gasteiger partial charge in [-0.1, -0.05) is 29.4 Å². The number of carbonyl (C=O) groups is 1. The largest absolute Gasteiger partial charge is 0.375 e. The van der Waals surface area contributed by atoms with Crippen LogP contribution in [0.25, 0.3) is 11.4 Å². The van der Waals surface area contributed by atoms with Crippen LogP contribution in [0.5, 0.6) is 0 Å². The van der Waals surface area contributed by atoms with Crippen molar-refractivity contribution in [3.05, 3.63) is 35.7 Å². The van der Waals surface area contributed by atoms with Crippen LogP contribution in [0.1, 0.15) is 18.4 Å². The van der Waals surface area contributed by atoms with Gasteiger partial charge in [0.2, 0.25) is 17.6 Å². The van der Waals surface area contributed by atoms with Gasteiger partial charge in [0.15, 0.2) is 0 Å². The topological polar surface area (TPSA) is 68.5 Å². The van der Waals surface area contributed by atoms with Crippen LogP contribution in [-0.4, -0.2) is 46.7 Å². The molecule has 1 saturated heterocycles. The Labute approximate surface area is 129 Å². The highest BCUT2D eigenvalue weighted by Crippen LogP contribution is 2.20. The van der Waals surface area contributed by atoms with Crippen LogP contribution < -0.4 is 0 Å². The molecule has 1 fully saturated rings. The van der Waals surface area contributed by atoms with E-state index in [9.17, 15) is 4.79 Å². The molecule has 0 bridgehead atoms. The minimum absolute atomic E-state index is 0.00451. The van der Waals surface area contributed by atoms with E-state index in [1.807, 2.05) is 38.1 Å². The average molecular weight is 301 g/mol. The molecule has 1 amide bonds. The fraction of sp³-hybridized carbons (Fsp3) is 0.438. The zero-order chi connectivity index (χ0) is 15.5. The van der Waals surface area contributed by atoms with Crippen molar-refractivity contribution >= 4 is 5.91 Å². The van der Waals surface area contributed by atoms with Gasteiger partial charge < -0.3 is 14.2 Å². The third-order valence-electron chi connectivity index (χ3n) is 3.75. The monoisotopic (exact) mass is 301 g/mol. The number of aromatic nitrogens is 2. The molecule has 0 radical (unpaired) electrons. The molecule has 116 valence electrons. The Morgan fingerprint density at radius 3 is 3.00 bits per heavy atom. The molecule has 2 aromatic rings. The molecule has 6 heteroatoms.